The Balaban J connectivity index is 0.937. The summed E-state index contributed by atoms with van der Waals surface area (Å²) < 4.78 is 62.4. The van der Waals surface area contributed by atoms with Gasteiger partial charge >= 0.3 is 11.9 Å². The lowest BCUT2D eigenvalue weighted by atomic mass is 9.41. The summed E-state index contributed by atoms with van der Waals surface area (Å²) in [6.45, 7) is 0.883. The SMILES string of the molecule is CO[C@H]1O[C@]2(C)CC(=O)[C@@H]3C[C@@]2(O[C@@H]2O[C@H](CO[C@H]4O[C@]5(C)CC(=O)[C@@H]6C[C@]5(O[C@@H]5O[C@H](CO)[C@H](O)[C@H](O)[C@H]5O)[C@@]46COC(=O)c4ccccc4)[C@H](O)[C@H](O)[C@H]2O)[C@]13COC(=O)c1ccccc1. The molecule has 68 heavy (non-hydrogen) atoms. The van der Waals surface area contributed by atoms with Crippen LogP contribution in [0.1, 0.15) is 60.2 Å². The Morgan fingerprint density at radius 1 is 0.618 bits per heavy atom. The van der Waals surface area contributed by atoms with E-state index in [0.29, 0.717) is 0 Å². The van der Waals surface area contributed by atoms with Crippen LogP contribution in [0, 0.1) is 22.7 Å². The zero-order valence-corrected chi connectivity index (χ0v) is 37.4. The van der Waals surface area contributed by atoms with Crippen LogP contribution in [-0.4, -0.2) is 189 Å². The van der Waals surface area contributed by atoms with Crippen molar-refractivity contribution in [1.29, 1.82) is 0 Å². The van der Waals surface area contributed by atoms with Crippen molar-refractivity contribution in [3.05, 3.63) is 71.8 Å². The number of carbonyl (C=O) groups excluding carboxylic acids is 4. The van der Waals surface area contributed by atoms with Crippen LogP contribution >= 0.6 is 0 Å². The number of hydrogen-bond donors (Lipinski definition) is 7. The van der Waals surface area contributed by atoms with E-state index >= 15 is 0 Å². The minimum Gasteiger partial charge on any atom is -0.461 e. The van der Waals surface area contributed by atoms with Crippen molar-refractivity contribution < 1.29 is 102 Å². The number of benzene rings is 2. The zero-order valence-electron chi connectivity index (χ0n) is 37.4. The summed E-state index contributed by atoms with van der Waals surface area (Å²) in [5.41, 5.74) is -8.88. The third-order valence-corrected chi connectivity index (χ3v) is 16.5. The number of aliphatic hydroxyl groups is 7. The molecule has 0 unspecified atom stereocenters. The second-order valence-corrected chi connectivity index (χ2v) is 19.8. The highest BCUT2D eigenvalue weighted by Crippen LogP contribution is 2.76. The molecule has 20 atom stereocenters. The van der Waals surface area contributed by atoms with E-state index < -0.39 is 157 Å². The molecule has 2 aromatic rings. The minimum absolute atomic E-state index is 0.0438. The van der Waals surface area contributed by atoms with Crippen molar-refractivity contribution >= 4 is 23.5 Å². The van der Waals surface area contributed by atoms with Crippen LogP contribution in [0.3, 0.4) is 0 Å². The maximum Gasteiger partial charge on any atom is 0.338 e. The Morgan fingerprint density at radius 3 is 1.50 bits per heavy atom. The van der Waals surface area contributed by atoms with Gasteiger partial charge in [-0.25, -0.2) is 9.59 Å². The van der Waals surface area contributed by atoms with E-state index in [1.807, 2.05) is 0 Å². The highest BCUT2D eigenvalue weighted by Gasteiger charge is 2.89. The molecule has 4 heterocycles. The first-order valence-electron chi connectivity index (χ1n) is 22.7. The Labute approximate surface area is 389 Å². The molecular weight excluding hydrogens is 900 g/mol. The molecule has 6 saturated carbocycles. The van der Waals surface area contributed by atoms with Crippen LogP contribution in [0.25, 0.3) is 0 Å². The van der Waals surface area contributed by atoms with E-state index in [2.05, 4.69) is 0 Å². The van der Waals surface area contributed by atoms with Gasteiger partial charge in [0, 0.05) is 31.8 Å². The fourth-order valence-corrected chi connectivity index (χ4v) is 12.9. The average molecular weight is 957 g/mol. The van der Waals surface area contributed by atoms with Crippen LogP contribution in [0.15, 0.2) is 60.7 Å². The molecule has 370 valence electrons. The van der Waals surface area contributed by atoms with Crippen LogP contribution in [0.2, 0.25) is 0 Å². The van der Waals surface area contributed by atoms with Crippen LogP contribution in [0.5, 0.6) is 0 Å². The summed E-state index contributed by atoms with van der Waals surface area (Å²) in [4.78, 5) is 54.4. The number of fused-ring (bicyclic) bond motifs is 2. The van der Waals surface area contributed by atoms with Gasteiger partial charge in [0.2, 0.25) is 0 Å². The summed E-state index contributed by atoms with van der Waals surface area (Å²) in [6, 6.07) is 16.2. The van der Waals surface area contributed by atoms with Gasteiger partial charge in [-0.1, -0.05) is 36.4 Å². The van der Waals surface area contributed by atoms with Crippen molar-refractivity contribution in [2.75, 3.05) is 33.5 Å². The quantitative estimate of drug-likeness (QED) is 0.102. The monoisotopic (exact) mass is 956 g/mol. The van der Waals surface area contributed by atoms with E-state index in [-0.39, 0.29) is 48.4 Å². The van der Waals surface area contributed by atoms with Gasteiger partial charge < -0.3 is 83.1 Å². The molecule has 6 aliphatic carbocycles. The Hall–Kier alpha value is -3.88. The van der Waals surface area contributed by atoms with Gasteiger partial charge in [0.25, 0.3) is 0 Å². The number of hydrogen-bond acceptors (Lipinski definition) is 21. The lowest BCUT2D eigenvalue weighted by Gasteiger charge is -2.66. The van der Waals surface area contributed by atoms with Crippen LogP contribution in [0.4, 0.5) is 0 Å². The molecule has 0 radical (unpaired) electrons. The number of aliphatic hydroxyl groups excluding tert-OH is 7. The number of rotatable bonds is 15. The van der Waals surface area contributed by atoms with Gasteiger partial charge in [0.1, 0.15) is 96.0 Å². The van der Waals surface area contributed by atoms with Crippen molar-refractivity contribution in [2.24, 2.45) is 22.7 Å². The summed E-state index contributed by atoms with van der Waals surface area (Å²) in [5, 5.41) is 76.7. The van der Waals surface area contributed by atoms with E-state index in [4.69, 9.17) is 47.4 Å². The van der Waals surface area contributed by atoms with Crippen molar-refractivity contribution in [2.45, 2.75) is 136 Å². The number of Topliss-reactive ketones (excluding diaryl/α,β-unsaturated/α-hetero) is 2. The van der Waals surface area contributed by atoms with E-state index in [1.54, 1.807) is 62.4 Å². The predicted octanol–water partition coefficient (Wildman–Crippen LogP) is -1.33. The molecule has 10 aliphatic rings. The standard InChI is InChI=1S/C47H56O21/c1-42-16-26(49)24-14-46(42,44(24,40(59-3)67-42)20-61-36(57)22-10-6-4-7-11-22)66-39-35(56)33(54)31(52)29(64-39)19-60-41-45(21-62-37(58)23-12-8-5-9-13-23)25-15-47(45,43(2,68-41)17-27(25)50)65-38-34(55)32(53)30(51)28(18-48)63-38/h4-13,24-25,28-35,38-41,48,51-56H,14-21H2,1-3H3/t24-,25-,28+,29+,30-,31-,32-,33-,34+,35+,38-,39-,40-,41-,42+,43+,44-,45+,46-,47+/m0/s1. The number of esters is 2. The van der Waals surface area contributed by atoms with Crippen LogP contribution in [-0.2, 0) is 57.0 Å². The average Bonchev–Trinajstić information content (AvgIpc) is 3.47. The lowest BCUT2D eigenvalue weighted by molar-refractivity contribution is -0.388. The van der Waals surface area contributed by atoms with Gasteiger partial charge in [-0.3, -0.25) is 9.59 Å². The highest BCUT2D eigenvalue weighted by atomic mass is 16.8. The molecule has 21 heteroatoms. The summed E-state index contributed by atoms with van der Waals surface area (Å²) >= 11 is 0. The van der Waals surface area contributed by atoms with Gasteiger partial charge in [-0.05, 0) is 51.0 Å². The fourth-order valence-electron chi connectivity index (χ4n) is 12.9. The Morgan fingerprint density at radius 2 is 1.04 bits per heavy atom. The summed E-state index contributed by atoms with van der Waals surface area (Å²) in [7, 11) is 1.37. The molecule has 12 rings (SSSR count). The van der Waals surface area contributed by atoms with E-state index in [1.165, 1.54) is 19.2 Å². The second kappa shape index (κ2) is 16.9. The molecule has 4 aliphatic heterocycles. The first-order chi connectivity index (χ1) is 32.4. The summed E-state index contributed by atoms with van der Waals surface area (Å²) in [6.07, 6.45) is -20.3. The molecule has 10 fully saturated rings. The number of ketones is 2. The molecule has 8 bridgehead atoms. The highest BCUT2D eigenvalue weighted by molar-refractivity contribution is 5.91. The third kappa shape index (κ3) is 6.49. The minimum atomic E-state index is -1.91. The molecule has 7 N–H and O–H groups in total. The molecule has 0 aromatic heterocycles. The van der Waals surface area contributed by atoms with Crippen molar-refractivity contribution in [3.8, 4) is 0 Å². The maximum absolute atomic E-state index is 14.0. The lowest BCUT2D eigenvalue weighted by Crippen LogP contribution is -2.80. The van der Waals surface area contributed by atoms with Gasteiger partial charge in [0.15, 0.2) is 25.2 Å². The summed E-state index contributed by atoms with van der Waals surface area (Å²) in [5.74, 6) is -3.63. The normalized spacial score (nSPS) is 47.5. The van der Waals surface area contributed by atoms with Gasteiger partial charge in [-0.15, -0.1) is 0 Å². The first kappa shape index (κ1) is 47.8. The first-order valence-corrected chi connectivity index (χ1v) is 22.7. The Kier molecular flexibility index (Phi) is 11.9. The number of carbonyl (C=O) groups is 4. The molecule has 21 nitrogen and oxygen atoms in total. The fraction of sp³-hybridized carbons (Fsp3) is 0.660. The molecular formula is C47H56O21. The molecule has 0 amide bonds. The Bertz CT molecular complexity index is 2280. The topological polar surface area (TPSA) is 302 Å². The molecule has 4 saturated heterocycles. The number of ether oxygens (including phenoxy) is 10. The molecule has 0 spiro atoms. The largest absolute Gasteiger partial charge is 0.461 e. The second-order valence-electron chi connectivity index (χ2n) is 19.8. The predicted molar refractivity (Wildman–Crippen MR) is 221 cm³/mol. The van der Waals surface area contributed by atoms with Crippen molar-refractivity contribution in [1.82, 2.24) is 0 Å². The van der Waals surface area contributed by atoms with Crippen LogP contribution < -0.4 is 0 Å². The third-order valence-electron chi connectivity index (χ3n) is 16.5. The smallest absolute Gasteiger partial charge is 0.338 e. The number of methoxy groups -OCH3 is 1. The molecule has 2 aromatic carbocycles. The zero-order chi connectivity index (χ0) is 48.3. The van der Waals surface area contributed by atoms with E-state index in [9.17, 15) is 54.9 Å². The van der Waals surface area contributed by atoms with Gasteiger partial charge in [0.05, 0.1) is 35.2 Å². The maximum atomic E-state index is 14.0. The van der Waals surface area contributed by atoms with E-state index in [0.717, 1.165) is 0 Å². The van der Waals surface area contributed by atoms with Gasteiger partial charge in [-0.2, -0.15) is 0 Å². The van der Waals surface area contributed by atoms with Crippen molar-refractivity contribution in [3.63, 3.8) is 0 Å².